The number of methoxy groups -OCH3 is 1. The number of likely N-dealkylation sites (tertiary alicyclic amines) is 1. The van der Waals surface area contributed by atoms with Crippen molar-refractivity contribution in [2.24, 2.45) is 7.05 Å². The van der Waals surface area contributed by atoms with Crippen molar-refractivity contribution in [1.82, 2.24) is 29.6 Å². The van der Waals surface area contributed by atoms with Crippen LogP contribution >= 0.6 is 11.3 Å². The first-order valence-electron chi connectivity index (χ1n) is 11.9. The first kappa shape index (κ1) is 22.7. The molecule has 0 amide bonds. The van der Waals surface area contributed by atoms with Crippen molar-refractivity contribution in [3.8, 4) is 22.8 Å². The fourth-order valence-corrected chi connectivity index (χ4v) is 5.48. The van der Waals surface area contributed by atoms with Gasteiger partial charge >= 0.3 is 0 Å². The lowest BCUT2D eigenvalue weighted by molar-refractivity contribution is 0.106. The zero-order valence-corrected chi connectivity index (χ0v) is 21.2. The van der Waals surface area contributed by atoms with E-state index >= 15 is 0 Å². The number of nitrogens with one attached hydrogen (secondary N) is 1. The fourth-order valence-electron chi connectivity index (χ4n) is 4.76. The van der Waals surface area contributed by atoms with Gasteiger partial charge in [0.2, 0.25) is 0 Å². The van der Waals surface area contributed by atoms with E-state index in [2.05, 4.69) is 43.4 Å². The molecule has 4 heterocycles. The molecule has 10 heteroatoms. The Hall–Kier alpha value is -3.76. The van der Waals surface area contributed by atoms with E-state index in [1.165, 1.54) is 0 Å². The molecule has 6 rings (SSSR count). The molecule has 5 aromatic rings. The molecule has 1 saturated heterocycles. The summed E-state index contributed by atoms with van der Waals surface area (Å²) in [7, 11) is 5.67. The average molecular weight is 502 g/mol. The van der Waals surface area contributed by atoms with Crippen molar-refractivity contribution in [1.29, 1.82) is 0 Å². The van der Waals surface area contributed by atoms with Crippen LogP contribution in [0.3, 0.4) is 0 Å². The van der Waals surface area contributed by atoms with Crippen LogP contribution in [0.15, 0.2) is 48.4 Å². The summed E-state index contributed by atoms with van der Waals surface area (Å²) in [5, 5.41) is 8.97. The van der Waals surface area contributed by atoms with Gasteiger partial charge in [-0.05, 0) is 56.8 Å². The van der Waals surface area contributed by atoms with Crippen LogP contribution in [-0.4, -0.2) is 63.0 Å². The van der Waals surface area contributed by atoms with Crippen LogP contribution in [0.1, 0.15) is 12.8 Å². The Bertz CT molecular complexity index is 1550. The van der Waals surface area contributed by atoms with Gasteiger partial charge in [-0.15, -0.1) is 11.3 Å². The van der Waals surface area contributed by atoms with Gasteiger partial charge in [0.1, 0.15) is 29.7 Å². The smallest absolute Gasteiger partial charge is 0.164 e. The predicted molar refractivity (Wildman–Crippen MR) is 142 cm³/mol. The molecule has 0 radical (unpaired) electrons. The Morgan fingerprint density at radius 2 is 1.97 bits per heavy atom. The van der Waals surface area contributed by atoms with Gasteiger partial charge in [0.25, 0.3) is 0 Å². The molecule has 1 N–H and O–H groups in total. The zero-order valence-electron chi connectivity index (χ0n) is 20.4. The van der Waals surface area contributed by atoms with E-state index in [-0.39, 0.29) is 6.10 Å². The number of ether oxygens (including phenoxy) is 2. The molecule has 1 aliphatic heterocycles. The molecular formula is C26H27N7O2S. The number of hydrogen-bond acceptors (Lipinski definition) is 9. The summed E-state index contributed by atoms with van der Waals surface area (Å²) in [5.41, 5.74) is 6.18. The molecule has 0 spiro atoms. The number of rotatable bonds is 6. The largest absolute Gasteiger partial charge is 0.493 e. The van der Waals surface area contributed by atoms with E-state index < -0.39 is 0 Å². The molecule has 0 unspecified atom stereocenters. The number of thiazole rings is 1. The summed E-state index contributed by atoms with van der Waals surface area (Å²) < 4.78 is 15.1. The van der Waals surface area contributed by atoms with Crippen molar-refractivity contribution in [3.63, 3.8) is 0 Å². The summed E-state index contributed by atoms with van der Waals surface area (Å²) in [6, 6.07) is 10.2. The topological polar surface area (TPSA) is 90.2 Å². The molecule has 1 atom stereocenters. The highest BCUT2D eigenvalue weighted by Gasteiger charge is 2.23. The van der Waals surface area contributed by atoms with Gasteiger partial charge < -0.3 is 19.7 Å². The van der Waals surface area contributed by atoms with Crippen molar-refractivity contribution in [2.45, 2.75) is 18.9 Å². The highest BCUT2D eigenvalue weighted by Crippen LogP contribution is 2.39. The van der Waals surface area contributed by atoms with Crippen LogP contribution in [0.25, 0.3) is 32.4 Å². The minimum absolute atomic E-state index is 0.0782. The second kappa shape index (κ2) is 9.36. The number of anilines is 2. The Morgan fingerprint density at radius 3 is 2.83 bits per heavy atom. The van der Waals surface area contributed by atoms with E-state index in [0.29, 0.717) is 11.6 Å². The molecule has 2 aromatic carbocycles. The summed E-state index contributed by atoms with van der Waals surface area (Å²) >= 11 is 1.61. The van der Waals surface area contributed by atoms with Crippen LogP contribution in [0.2, 0.25) is 0 Å². The molecule has 0 aliphatic carbocycles. The highest BCUT2D eigenvalue weighted by molar-refractivity contribution is 7.16. The van der Waals surface area contributed by atoms with E-state index in [1.54, 1.807) is 29.5 Å². The van der Waals surface area contributed by atoms with E-state index in [9.17, 15) is 0 Å². The number of aryl methyl sites for hydroxylation is 1. The van der Waals surface area contributed by atoms with Crippen LogP contribution in [0, 0.1) is 0 Å². The van der Waals surface area contributed by atoms with E-state index in [1.807, 2.05) is 43.0 Å². The Labute approximate surface area is 212 Å². The minimum Gasteiger partial charge on any atom is -0.493 e. The van der Waals surface area contributed by atoms with Gasteiger partial charge in [-0.3, -0.25) is 4.68 Å². The summed E-state index contributed by atoms with van der Waals surface area (Å²) in [6.45, 7) is 1.96. The second-order valence-corrected chi connectivity index (χ2v) is 10.0. The standard InChI is InChI=1S/C26H27N7O2S/c1-32-8-4-5-18(12-32)35-21-10-16(25-22(34-3)13-33(2)31-25)9-20-24(21)26(28-14-27-20)30-17-6-7-19-23(11-17)36-15-29-19/h6-7,9-11,13-15,18H,4-5,8,12H2,1-3H3,(H,27,28,30)/t18-/m0/s1. The summed E-state index contributed by atoms with van der Waals surface area (Å²) in [5.74, 6) is 2.13. The van der Waals surface area contributed by atoms with Gasteiger partial charge in [-0.2, -0.15) is 5.10 Å². The molecule has 0 saturated carbocycles. The lowest BCUT2D eigenvalue weighted by atomic mass is 10.1. The molecule has 3 aromatic heterocycles. The van der Waals surface area contributed by atoms with Gasteiger partial charge in [-0.25, -0.2) is 15.0 Å². The van der Waals surface area contributed by atoms with Gasteiger partial charge in [-0.1, -0.05) is 0 Å². The summed E-state index contributed by atoms with van der Waals surface area (Å²) in [6.07, 6.45) is 5.62. The van der Waals surface area contributed by atoms with Gasteiger partial charge in [0.15, 0.2) is 5.75 Å². The Balaban J connectivity index is 1.47. The van der Waals surface area contributed by atoms with E-state index in [4.69, 9.17) is 9.47 Å². The molecule has 9 nitrogen and oxygen atoms in total. The first-order valence-corrected chi connectivity index (χ1v) is 12.8. The van der Waals surface area contributed by atoms with Crippen molar-refractivity contribution >= 4 is 44.0 Å². The number of likely N-dealkylation sites (N-methyl/N-ethyl adjacent to an activating group) is 1. The number of benzene rings is 2. The highest BCUT2D eigenvalue weighted by atomic mass is 32.1. The molecular weight excluding hydrogens is 474 g/mol. The molecule has 1 aliphatic rings. The lowest BCUT2D eigenvalue weighted by Crippen LogP contribution is -2.38. The minimum atomic E-state index is 0.0782. The maximum absolute atomic E-state index is 6.67. The summed E-state index contributed by atoms with van der Waals surface area (Å²) in [4.78, 5) is 15.9. The molecule has 36 heavy (non-hydrogen) atoms. The third-order valence-electron chi connectivity index (χ3n) is 6.46. The van der Waals surface area contributed by atoms with Gasteiger partial charge in [0, 0.05) is 24.8 Å². The zero-order chi connectivity index (χ0) is 24.6. The number of aromatic nitrogens is 5. The average Bonchev–Trinajstić information content (AvgIpc) is 3.49. The second-order valence-electron chi connectivity index (χ2n) is 9.11. The Kier molecular flexibility index (Phi) is 5.90. The van der Waals surface area contributed by atoms with Crippen molar-refractivity contribution in [2.75, 3.05) is 32.6 Å². The van der Waals surface area contributed by atoms with Gasteiger partial charge in [0.05, 0.1) is 39.9 Å². The maximum atomic E-state index is 6.67. The third-order valence-corrected chi connectivity index (χ3v) is 7.25. The molecule has 184 valence electrons. The number of hydrogen-bond donors (Lipinski definition) is 1. The lowest BCUT2D eigenvalue weighted by Gasteiger charge is -2.30. The normalized spacial score (nSPS) is 16.5. The van der Waals surface area contributed by atoms with Crippen LogP contribution in [0.5, 0.6) is 11.5 Å². The van der Waals surface area contributed by atoms with Crippen LogP contribution in [0.4, 0.5) is 11.5 Å². The fraction of sp³-hybridized carbons (Fsp3) is 0.308. The Morgan fingerprint density at radius 1 is 1.06 bits per heavy atom. The maximum Gasteiger partial charge on any atom is 0.164 e. The molecule has 1 fully saturated rings. The molecule has 0 bridgehead atoms. The quantitative estimate of drug-likeness (QED) is 0.353. The van der Waals surface area contributed by atoms with Crippen LogP contribution in [-0.2, 0) is 7.05 Å². The van der Waals surface area contributed by atoms with E-state index in [0.717, 1.165) is 69.7 Å². The number of piperidine rings is 1. The monoisotopic (exact) mass is 501 g/mol. The predicted octanol–water partition coefficient (Wildman–Crippen LogP) is 4.87. The SMILES string of the molecule is COc1cn(C)nc1-c1cc(O[C@H]2CCCN(C)C2)c2c(Nc3ccc4ncsc4c3)ncnc2c1. The van der Waals surface area contributed by atoms with Crippen molar-refractivity contribution < 1.29 is 9.47 Å². The number of nitrogens with zero attached hydrogens (tertiary/aromatic N) is 6. The van der Waals surface area contributed by atoms with Crippen LogP contribution < -0.4 is 14.8 Å². The van der Waals surface area contributed by atoms with Crippen molar-refractivity contribution in [3.05, 3.63) is 48.4 Å². The first-order chi connectivity index (χ1) is 17.6. The third kappa shape index (κ3) is 4.33. The number of fused-ring (bicyclic) bond motifs is 2.